The maximum absolute atomic E-state index is 12.7. The monoisotopic (exact) mass is 460 g/mol. The molecule has 31 heavy (non-hydrogen) atoms. The molecule has 1 aliphatic rings. The molecule has 7 heteroatoms. The highest BCUT2D eigenvalue weighted by molar-refractivity contribution is 7.18. The van der Waals surface area contributed by atoms with Crippen molar-refractivity contribution in [1.82, 2.24) is 9.88 Å². The van der Waals surface area contributed by atoms with Crippen LogP contribution in [0.4, 0.5) is 4.79 Å². The molecular formula is C24H29ClN2O3S. The summed E-state index contributed by atoms with van der Waals surface area (Å²) in [5.74, 6) is 0.501. The van der Waals surface area contributed by atoms with Crippen molar-refractivity contribution in [1.29, 1.82) is 0 Å². The Bertz CT molecular complexity index is 950. The van der Waals surface area contributed by atoms with E-state index in [-0.39, 0.29) is 12.7 Å². The van der Waals surface area contributed by atoms with Crippen molar-refractivity contribution in [3.8, 4) is 0 Å². The van der Waals surface area contributed by atoms with Crippen LogP contribution in [-0.2, 0) is 4.74 Å². The topological polar surface area (TPSA) is 62.7 Å². The zero-order valence-electron chi connectivity index (χ0n) is 18.1. The Morgan fingerprint density at radius 3 is 2.35 bits per heavy atom. The molecule has 166 valence electrons. The van der Waals surface area contributed by atoms with Crippen molar-refractivity contribution in [3.63, 3.8) is 0 Å². The molecule has 1 N–H and O–H groups in total. The van der Waals surface area contributed by atoms with Gasteiger partial charge in [0.1, 0.15) is 16.7 Å². The summed E-state index contributed by atoms with van der Waals surface area (Å²) in [5, 5.41) is 11.5. The van der Waals surface area contributed by atoms with Crippen molar-refractivity contribution >= 4 is 39.2 Å². The first kappa shape index (κ1) is 23.5. The van der Waals surface area contributed by atoms with E-state index in [1.165, 1.54) is 11.3 Å². The molecule has 1 saturated carbocycles. The second-order valence-corrected chi connectivity index (χ2v) is 10.1. The third-order valence-electron chi connectivity index (χ3n) is 4.66. The van der Waals surface area contributed by atoms with Gasteiger partial charge in [-0.25, -0.2) is 9.78 Å². The number of fused-ring (bicyclic) bond motifs is 1. The first-order chi connectivity index (χ1) is 14.8. The molecule has 0 aliphatic heterocycles. The minimum Gasteiger partial charge on any atom is -0.444 e. The van der Waals surface area contributed by atoms with E-state index in [1.807, 2.05) is 75.4 Å². The van der Waals surface area contributed by atoms with Crippen LogP contribution in [0.3, 0.4) is 0 Å². The summed E-state index contributed by atoms with van der Waals surface area (Å²) in [5.41, 5.74) is 0.332. The van der Waals surface area contributed by atoms with Gasteiger partial charge in [0.05, 0.1) is 16.8 Å². The molecule has 1 unspecified atom stereocenters. The van der Waals surface area contributed by atoms with Gasteiger partial charge in [0.2, 0.25) is 0 Å². The number of aliphatic hydroxyl groups excluding tert-OH is 1. The molecule has 4 rings (SSSR count). The Balaban J connectivity index is 0.000000330. The van der Waals surface area contributed by atoms with Crippen molar-refractivity contribution in [2.75, 3.05) is 13.2 Å². The number of halogens is 1. The number of rotatable bonds is 5. The first-order valence-electron chi connectivity index (χ1n) is 10.4. The first-order valence-corrected chi connectivity index (χ1v) is 11.6. The molecule has 1 aromatic heterocycles. The zero-order valence-corrected chi connectivity index (χ0v) is 19.7. The molecule has 0 spiro atoms. The number of benzene rings is 2. The van der Waals surface area contributed by atoms with Crippen molar-refractivity contribution in [2.24, 2.45) is 5.92 Å². The highest BCUT2D eigenvalue weighted by Crippen LogP contribution is 2.35. The lowest BCUT2D eigenvalue weighted by Gasteiger charge is -2.31. The SMILES string of the molecule is CC(C)(C)OC(=O)N(CC1CC1)C(CO)c1nc2ccccc2s1.Clc1ccccc1. The molecule has 1 amide bonds. The normalized spacial score (nSPS) is 14.5. The predicted octanol–water partition coefficient (Wildman–Crippen LogP) is 6.32. The van der Waals surface area contributed by atoms with E-state index in [0.717, 1.165) is 33.1 Å². The Morgan fingerprint density at radius 1 is 1.19 bits per heavy atom. The molecule has 0 radical (unpaired) electrons. The Morgan fingerprint density at radius 2 is 1.84 bits per heavy atom. The summed E-state index contributed by atoms with van der Waals surface area (Å²) in [6.45, 7) is 6.01. The van der Waals surface area contributed by atoms with Crippen molar-refractivity contribution < 1.29 is 14.6 Å². The Labute approximate surface area is 192 Å². The third-order valence-corrected chi connectivity index (χ3v) is 6.05. The van der Waals surface area contributed by atoms with Crippen molar-refractivity contribution in [2.45, 2.75) is 45.3 Å². The smallest absolute Gasteiger partial charge is 0.410 e. The molecule has 1 aliphatic carbocycles. The average Bonchev–Trinajstić information content (AvgIpc) is 3.43. The average molecular weight is 461 g/mol. The molecule has 3 aromatic rings. The van der Waals surface area contributed by atoms with Crippen LogP contribution < -0.4 is 0 Å². The van der Waals surface area contributed by atoms with Gasteiger partial charge in [0.15, 0.2) is 0 Å². The van der Waals surface area contributed by atoms with Gasteiger partial charge in [-0.2, -0.15) is 0 Å². The number of amides is 1. The van der Waals surface area contributed by atoms with Crippen LogP contribution in [0, 0.1) is 5.92 Å². The lowest BCUT2D eigenvalue weighted by Crippen LogP contribution is -2.41. The minimum absolute atomic E-state index is 0.161. The third kappa shape index (κ3) is 7.20. The van der Waals surface area contributed by atoms with E-state index in [0.29, 0.717) is 12.5 Å². The largest absolute Gasteiger partial charge is 0.444 e. The minimum atomic E-state index is -0.563. The summed E-state index contributed by atoms with van der Waals surface area (Å²) in [4.78, 5) is 19.0. The van der Waals surface area contributed by atoms with Crippen molar-refractivity contribution in [3.05, 3.63) is 64.6 Å². The van der Waals surface area contributed by atoms with Crippen LogP contribution in [0.2, 0.25) is 5.02 Å². The Kier molecular flexibility index (Phi) is 7.92. The highest BCUT2D eigenvalue weighted by atomic mass is 35.5. The number of para-hydroxylation sites is 1. The van der Waals surface area contributed by atoms with Gasteiger partial charge >= 0.3 is 6.09 Å². The molecule has 0 bridgehead atoms. The summed E-state index contributed by atoms with van der Waals surface area (Å²) in [7, 11) is 0. The number of carbonyl (C=O) groups excluding carboxylic acids is 1. The Hall–Kier alpha value is -2.15. The van der Waals surface area contributed by atoms with Gasteiger partial charge in [-0.1, -0.05) is 41.9 Å². The number of nitrogens with zero attached hydrogens (tertiary/aromatic N) is 2. The van der Waals surface area contributed by atoms with Gasteiger partial charge in [0.25, 0.3) is 0 Å². The molecule has 0 saturated heterocycles. The van der Waals surface area contributed by atoms with Gasteiger partial charge in [-0.05, 0) is 63.8 Å². The zero-order chi connectivity index (χ0) is 22.4. The quantitative estimate of drug-likeness (QED) is 0.484. The van der Waals surface area contributed by atoms with E-state index >= 15 is 0 Å². The maximum atomic E-state index is 12.7. The summed E-state index contributed by atoms with van der Waals surface area (Å²) in [6.07, 6.45) is 1.86. The number of ether oxygens (including phenoxy) is 1. The molecule has 1 fully saturated rings. The summed E-state index contributed by atoms with van der Waals surface area (Å²) < 4.78 is 6.62. The molecule has 5 nitrogen and oxygen atoms in total. The fourth-order valence-electron chi connectivity index (χ4n) is 2.99. The van der Waals surface area contributed by atoms with E-state index < -0.39 is 11.6 Å². The van der Waals surface area contributed by atoms with Gasteiger partial charge < -0.3 is 9.84 Å². The number of hydrogen-bond acceptors (Lipinski definition) is 5. The fraction of sp³-hybridized carbons (Fsp3) is 0.417. The number of aromatic nitrogens is 1. The van der Waals surface area contributed by atoms with Crippen LogP contribution in [0.15, 0.2) is 54.6 Å². The van der Waals surface area contributed by atoms with Crippen LogP contribution >= 0.6 is 22.9 Å². The van der Waals surface area contributed by atoms with Crippen LogP contribution in [0.5, 0.6) is 0 Å². The molecule has 1 atom stereocenters. The second kappa shape index (κ2) is 10.4. The van der Waals surface area contributed by atoms with Crippen LogP contribution in [-0.4, -0.2) is 39.8 Å². The van der Waals surface area contributed by atoms with Gasteiger partial charge in [-0.15, -0.1) is 11.3 Å². The van der Waals surface area contributed by atoms with E-state index in [2.05, 4.69) is 4.98 Å². The number of carbonyl (C=O) groups is 1. The van der Waals surface area contributed by atoms with Gasteiger partial charge in [0, 0.05) is 11.6 Å². The lowest BCUT2D eigenvalue weighted by atomic mass is 10.2. The second-order valence-electron chi connectivity index (χ2n) is 8.59. The van der Waals surface area contributed by atoms with E-state index in [4.69, 9.17) is 16.3 Å². The maximum Gasteiger partial charge on any atom is 0.410 e. The van der Waals surface area contributed by atoms with Crippen LogP contribution in [0.1, 0.15) is 44.7 Å². The predicted molar refractivity (Wildman–Crippen MR) is 127 cm³/mol. The van der Waals surface area contributed by atoms with E-state index in [1.54, 1.807) is 4.90 Å². The van der Waals surface area contributed by atoms with Gasteiger partial charge in [-0.3, -0.25) is 4.90 Å². The molecule has 2 aromatic carbocycles. The van der Waals surface area contributed by atoms with Crippen LogP contribution in [0.25, 0.3) is 10.2 Å². The molecule has 1 heterocycles. The summed E-state index contributed by atoms with van der Waals surface area (Å²) in [6, 6.07) is 16.8. The number of hydrogen-bond donors (Lipinski definition) is 1. The fourth-order valence-corrected chi connectivity index (χ4v) is 4.20. The number of aliphatic hydroxyl groups is 1. The molecular weight excluding hydrogens is 432 g/mol. The lowest BCUT2D eigenvalue weighted by molar-refractivity contribution is 0.00759. The highest BCUT2D eigenvalue weighted by Gasteiger charge is 2.35. The van der Waals surface area contributed by atoms with E-state index in [9.17, 15) is 9.90 Å². The standard InChI is InChI=1S/C18H24N2O3S.C6H5Cl/c1-18(2,3)23-17(22)20(10-12-8-9-12)14(11-21)16-19-13-6-4-5-7-15(13)24-16;7-6-4-2-1-3-5-6/h4-7,12,14,21H,8-11H2,1-3H3;1-5H. The summed E-state index contributed by atoms with van der Waals surface area (Å²) >= 11 is 7.06. The number of thiazole rings is 1.